The zero-order valence-electron chi connectivity index (χ0n) is 20.1. The minimum atomic E-state index is -3.72. The van der Waals surface area contributed by atoms with Gasteiger partial charge in [0.25, 0.3) is 15.9 Å². The molecule has 2 heterocycles. The molecule has 2 atom stereocenters. The van der Waals surface area contributed by atoms with Crippen LogP contribution in [-0.2, 0) is 24.3 Å². The number of esters is 1. The van der Waals surface area contributed by atoms with Gasteiger partial charge in [-0.3, -0.25) is 9.59 Å². The van der Waals surface area contributed by atoms with E-state index in [-0.39, 0.29) is 16.3 Å². The first-order valence-corrected chi connectivity index (χ1v) is 14.4. The summed E-state index contributed by atoms with van der Waals surface area (Å²) in [5.41, 5.74) is 0.457. The van der Waals surface area contributed by atoms with Gasteiger partial charge in [0.05, 0.1) is 5.92 Å². The minimum Gasteiger partial charge on any atom is -0.452 e. The number of hydrogen-bond donors (Lipinski definition) is 1. The van der Waals surface area contributed by atoms with E-state index in [1.165, 1.54) is 19.3 Å². The maximum atomic E-state index is 13.0. The number of likely N-dealkylation sites (tertiary alicyclic amines) is 1. The molecule has 0 spiro atoms. The van der Waals surface area contributed by atoms with E-state index in [1.54, 1.807) is 31.2 Å². The molecule has 0 unspecified atom stereocenters. The number of nitrogens with one attached hydrogen (secondary N) is 1. The first-order chi connectivity index (χ1) is 16.7. The van der Waals surface area contributed by atoms with Gasteiger partial charge in [0, 0.05) is 24.2 Å². The van der Waals surface area contributed by atoms with Gasteiger partial charge in [-0.15, -0.1) is 4.40 Å². The third-order valence-corrected chi connectivity index (χ3v) is 10.1. The smallest absolute Gasteiger partial charge is 0.311 e. The summed E-state index contributed by atoms with van der Waals surface area (Å²) in [5, 5.41) is 3.29. The highest BCUT2D eigenvalue weighted by atomic mass is 32.2. The molecule has 1 N–H and O–H groups in total. The van der Waals surface area contributed by atoms with Crippen LogP contribution in [0.2, 0.25) is 0 Å². The van der Waals surface area contributed by atoms with E-state index >= 15 is 0 Å². The molecule has 9 heteroatoms. The number of benzene rings is 1. The van der Waals surface area contributed by atoms with Gasteiger partial charge in [-0.2, -0.15) is 8.42 Å². The van der Waals surface area contributed by atoms with Crippen LogP contribution in [0.4, 0.5) is 0 Å². The number of hydrogen-bond acceptors (Lipinski definition) is 6. The maximum Gasteiger partial charge on any atom is 0.311 e. The number of carbonyl (C=O) groups is 2. The molecule has 1 aromatic rings. The van der Waals surface area contributed by atoms with Crippen LogP contribution < -0.4 is 5.32 Å². The molecule has 8 nitrogen and oxygen atoms in total. The quantitative estimate of drug-likeness (QED) is 0.639. The van der Waals surface area contributed by atoms with E-state index in [9.17, 15) is 18.0 Å². The molecular formula is C26H33N3O5S. The van der Waals surface area contributed by atoms with E-state index in [0.29, 0.717) is 30.9 Å². The second-order valence-corrected chi connectivity index (χ2v) is 13.0. The summed E-state index contributed by atoms with van der Waals surface area (Å²) >= 11 is 0. The Balaban J connectivity index is 1.09. The van der Waals surface area contributed by atoms with Crippen LogP contribution in [0.25, 0.3) is 0 Å². The summed E-state index contributed by atoms with van der Waals surface area (Å²) in [4.78, 5) is 28.1. The van der Waals surface area contributed by atoms with Crippen LogP contribution in [0.3, 0.4) is 0 Å². The van der Waals surface area contributed by atoms with Crippen LogP contribution in [-0.4, -0.2) is 55.8 Å². The van der Waals surface area contributed by atoms with Gasteiger partial charge in [0.2, 0.25) is 0 Å². The van der Waals surface area contributed by atoms with Crippen molar-refractivity contribution < 1.29 is 22.7 Å². The Kier molecular flexibility index (Phi) is 5.47. The van der Waals surface area contributed by atoms with Crippen LogP contribution in [0.1, 0.15) is 63.9 Å². The Bertz CT molecular complexity index is 1160. The second-order valence-electron chi connectivity index (χ2n) is 11.4. The Morgan fingerprint density at radius 2 is 1.77 bits per heavy atom. The zero-order chi connectivity index (χ0) is 24.4. The second kappa shape index (κ2) is 8.32. The van der Waals surface area contributed by atoms with Crippen molar-refractivity contribution in [2.45, 2.75) is 74.8 Å². The molecule has 1 amide bonds. The van der Waals surface area contributed by atoms with E-state index in [2.05, 4.69) is 9.71 Å². The molecule has 4 aliphatic carbocycles. The average Bonchev–Trinajstić information content (AvgIpc) is 3.09. The normalized spacial score (nSPS) is 35.2. The number of sulfonamides is 1. The van der Waals surface area contributed by atoms with Crippen molar-refractivity contribution in [1.82, 2.24) is 10.2 Å². The molecule has 6 aliphatic rings. The number of fused-ring (bicyclic) bond motifs is 1. The lowest BCUT2D eigenvalue weighted by Crippen LogP contribution is -2.61. The Morgan fingerprint density at radius 3 is 2.46 bits per heavy atom. The van der Waals surface area contributed by atoms with Crippen molar-refractivity contribution >= 4 is 27.7 Å². The number of rotatable bonds is 4. The fourth-order valence-electron chi connectivity index (χ4n) is 7.63. The topological polar surface area (TPSA) is 105 Å². The van der Waals surface area contributed by atoms with Crippen LogP contribution >= 0.6 is 0 Å². The van der Waals surface area contributed by atoms with E-state index in [0.717, 1.165) is 43.4 Å². The molecule has 4 saturated carbocycles. The van der Waals surface area contributed by atoms with Gasteiger partial charge >= 0.3 is 5.97 Å². The Labute approximate surface area is 206 Å². The number of amides is 1. The molecule has 5 fully saturated rings. The molecule has 0 aromatic heterocycles. The maximum absolute atomic E-state index is 13.0. The third-order valence-electron chi connectivity index (χ3n) is 8.76. The minimum absolute atomic E-state index is 0.117. The summed E-state index contributed by atoms with van der Waals surface area (Å²) in [6.45, 7) is 2.59. The van der Waals surface area contributed by atoms with Crippen molar-refractivity contribution in [2.75, 3.05) is 13.1 Å². The molecule has 4 bridgehead atoms. The number of amidine groups is 1. The highest BCUT2D eigenvalue weighted by Gasteiger charge is 2.52. The molecular weight excluding hydrogens is 466 g/mol. The molecule has 2 aliphatic heterocycles. The fourth-order valence-corrected chi connectivity index (χ4v) is 8.86. The predicted molar refractivity (Wildman–Crippen MR) is 129 cm³/mol. The lowest BCUT2D eigenvalue weighted by atomic mass is 9.53. The molecule has 1 saturated heterocycles. The van der Waals surface area contributed by atoms with Gasteiger partial charge in [0.1, 0.15) is 4.90 Å². The molecule has 1 aromatic carbocycles. The van der Waals surface area contributed by atoms with Gasteiger partial charge in [-0.1, -0.05) is 12.1 Å². The van der Waals surface area contributed by atoms with Gasteiger partial charge in [-0.05, 0) is 88.2 Å². The van der Waals surface area contributed by atoms with E-state index in [4.69, 9.17) is 4.74 Å². The monoisotopic (exact) mass is 499 g/mol. The first kappa shape index (κ1) is 23.0. The fraction of sp³-hybridized carbons (Fsp3) is 0.654. The van der Waals surface area contributed by atoms with Crippen molar-refractivity contribution in [3.63, 3.8) is 0 Å². The number of carbonyl (C=O) groups excluding carboxylic acids is 2. The average molecular weight is 500 g/mol. The highest BCUT2D eigenvalue weighted by molar-refractivity contribution is 7.90. The summed E-state index contributed by atoms with van der Waals surface area (Å²) < 4.78 is 34.6. The van der Waals surface area contributed by atoms with Gasteiger partial charge < -0.3 is 15.0 Å². The summed E-state index contributed by atoms with van der Waals surface area (Å²) in [5.74, 6) is 1.52. The molecule has 188 valence electrons. The van der Waals surface area contributed by atoms with Crippen molar-refractivity contribution in [3.8, 4) is 0 Å². The van der Waals surface area contributed by atoms with Crippen molar-refractivity contribution in [2.24, 2.45) is 28.1 Å². The first-order valence-electron chi connectivity index (χ1n) is 12.9. The van der Waals surface area contributed by atoms with Crippen LogP contribution in [0, 0.1) is 23.7 Å². The Morgan fingerprint density at radius 1 is 1.11 bits per heavy atom. The zero-order valence-corrected chi connectivity index (χ0v) is 20.9. The van der Waals surface area contributed by atoms with Gasteiger partial charge in [-0.25, -0.2) is 0 Å². The number of nitrogens with zero attached hydrogens (tertiary/aromatic N) is 2. The molecule has 0 radical (unpaired) electrons. The standard InChI is InChI=1S/C26H33N3O5S/c1-16(24(30)27-26-12-17-9-18(13-26)11-19(10-17)14-26)34-25(31)20-5-4-8-29(15-20)23-21-6-2-3-7-22(21)35(32,33)28-23/h2-3,6-7,16-20H,4-5,8-15H2,1H3,(H,27,30)/t16-,17?,18?,19?,20+,26?/m0/s1. The van der Waals surface area contributed by atoms with E-state index < -0.39 is 28.0 Å². The SMILES string of the molecule is C[C@H](OC(=O)[C@@H]1CCCN(C2=NS(=O)(=O)c3ccccc32)C1)C(=O)NC12CC3CC(CC(C3)C1)C2. The largest absolute Gasteiger partial charge is 0.452 e. The summed E-state index contributed by atoms with van der Waals surface area (Å²) in [6, 6.07) is 6.77. The molecule has 35 heavy (non-hydrogen) atoms. The number of piperidine rings is 1. The van der Waals surface area contributed by atoms with E-state index in [1.807, 2.05) is 4.90 Å². The third kappa shape index (κ3) is 4.15. The van der Waals surface area contributed by atoms with Crippen LogP contribution in [0.5, 0.6) is 0 Å². The van der Waals surface area contributed by atoms with Crippen molar-refractivity contribution in [1.29, 1.82) is 0 Å². The summed E-state index contributed by atoms with van der Waals surface area (Å²) in [6.07, 6.45) is 7.56. The Hall–Kier alpha value is -2.42. The molecule has 7 rings (SSSR count). The lowest BCUT2D eigenvalue weighted by molar-refractivity contribution is -0.161. The lowest BCUT2D eigenvalue weighted by Gasteiger charge is -2.57. The summed E-state index contributed by atoms with van der Waals surface area (Å²) in [7, 11) is -3.72. The van der Waals surface area contributed by atoms with Gasteiger partial charge in [0.15, 0.2) is 11.9 Å². The predicted octanol–water partition coefficient (Wildman–Crippen LogP) is 2.86. The van der Waals surface area contributed by atoms with Crippen molar-refractivity contribution in [3.05, 3.63) is 29.8 Å². The number of ether oxygens (including phenoxy) is 1. The van der Waals surface area contributed by atoms with Crippen LogP contribution in [0.15, 0.2) is 33.6 Å². The highest BCUT2D eigenvalue weighted by Crippen LogP contribution is 2.55.